The van der Waals surface area contributed by atoms with Gasteiger partial charge in [0.05, 0.1) is 31.3 Å². The highest BCUT2D eigenvalue weighted by Crippen LogP contribution is 2.60. The molecule has 0 saturated carbocycles. The maximum absolute atomic E-state index is 9.86. The first-order valence-corrected chi connectivity index (χ1v) is 12.4. The summed E-state index contributed by atoms with van der Waals surface area (Å²) in [7, 11) is -4.68. The standard InChI is InChI=1S/C12H28P.C3H9O4P/c1-5-9-13(10-6-2,11-7-3)12-8-4;1-2-3-7-8(4,5)6/h5-12H2,1-4H3;2-3H2,1H3,(H2,4,5,6)/q+1;. The molecule has 0 aliphatic rings. The minimum Gasteiger partial charge on any atom is -0.303 e. The Morgan fingerprint density at radius 2 is 1.10 bits per heavy atom. The second kappa shape index (κ2) is 14.2. The minimum absolute atomic E-state index is 0.115. The van der Waals surface area contributed by atoms with Crippen LogP contribution in [0, 0.1) is 0 Å². The summed E-state index contributed by atoms with van der Waals surface area (Å²) in [5.41, 5.74) is 0. The lowest BCUT2D eigenvalue weighted by Crippen LogP contribution is -2.10. The average molecular weight is 343 g/mol. The Morgan fingerprint density at radius 3 is 1.24 bits per heavy atom. The van der Waals surface area contributed by atoms with Gasteiger partial charge < -0.3 is 9.79 Å². The Balaban J connectivity index is 0. The predicted molar refractivity (Wildman–Crippen MR) is 95.8 cm³/mol. The van der Waals surface area contributed by atoms with Crippen molar-refractivity contribution in [2.45, 2.75) is 66.7 Å². The zero-order valence-electron chi connectivity index (χ0n) is 14.7. The van der Waals surface area contributed by atoms with Crippen molar-refractivity contribution in [1.82, 2.24) is 0 Å². The van der Waals surface area contributed by atoms with Crippen molar-refractivity contribution in [3.63, 3.8) is 0 Å². The molecule has 0 fully saturated rings. The molecule has 0 heterocycles. The minimum atomic E-state index is -4.18. The lowest BCUT2D eigenvalue weighted by Gasteiger charge is -2.26. The van der Waals surface area contributed by atoms with E-state index in [1.54, 1.807) is 31.6 Å². The molecule has 4 nitrogen and oxygen atoms in total. The highest BCUT2D eigenvalue weighted by molar-refractivity contribution is 7.75. The number of phosphoric ester groups is 1. The van der Waals surface area contributed by atoms with E-state index in [0.29, 0.717) is 6.42 Å². The van der Waals surface area contributed by atoms with E-state index < -0.39 is 15.1 Å². The molecule has 0 radical (unpaired) electrons. The molecule has 0 aromatic rings. The SMILES string of the molecule is CCCOP(=O)(O)O.CCC[P+](CCC)(CCC)CCC. The molecule has 0 amide bonds. The Bertz CT molecular complexity index is 237. The van der Waals surface area contributed by atoms with Crippen molar-refractivity contribution in [2.75, 3.05) is 31.3 Å². The lowest BCUT2D eigenvalue weighted by molar-refractivity contribution is 0.197. The fourth-order valence-corrected chi connectivity index (χ4v) is 8.34. The molecule has 0 aromatic heterocycles. The maximum Gasteiger partial charge on any atom is 0.469 e. The summed E-state index contributed by atoms with van der Waals surface area (Å²) in [6.45, 7) is 11.3. The van der Waals surface area contributed by atoms with Gasteiger partial charge >= 0.3 is 7.82 Å². The van der Waals surface area contributed by atoms with Crippen LogP contribution in [0.15, 0.2) is 0 Å². The van der Waals surface area contributed by atoms with Crippen LogP contribution in [-0.4, -0.2) is 41.0 Å². The van der Waals surface area contributed by atoms with Gasteiger partial charge in [-0.25, -0.2) is 4.57 Å². The maximum atomic E-state index is 9.86. The fourth-order valence-electron chi connectivity index (χ4n) is 2.78. The van der Waals surface area contributed by atoms with E-state index in [9.17, 15) is 4.57 Å². The Hall–Kier alpha value is 0.540. The van der Waals surface area contributed by atoms with Gasteiger partial charge in [-0.2, -0.15) is 0 Å². The molecule has 2 N–H and O–H groups in total. The molecule has 0 atom stereocenters. The second-order valence-corrected chi connectivity index (χ2v) is 11.3. The lowest BCUT2D eigenvalue weighted by atomic mass is 10.5. The zero-order valence-corrected chi connectivity index (χ0v) is 16.5. The molecular formula is C15H37O4P2+. The molecule has 0 spiro atoms. The van der Waals surface area contributed by atoms with E-state index in [1.165, 1.54) is 25.7 Å². The molecule has 21 heavy (non-hydrogen) atoms. The van der Waals surface area contributed by atoms with Gasteiger partial charge in [-0.15, -0.1) is 0 Å². The topological polar surface area (TPSA) is 66.8 Å². The van der Waals surface area contributed by atoms with Crippen LogP contribution in [0.1, 0.15) is 66.7 Å². The molecule has 0 aliphatic heterocycles. The zero-order chi connectivity index (χ0) is 16.8. The number of rotatable bonds is 11. The van der Waals surface area contributed by atoms with E-state index in [4.69, 9.17) is 9.79 Å². The van der Waals surface area contributed by atoms with Crippen LogP contribution in [-0.2, 0) is 9.09 Å². The van der Waals surface area contributed by atoms with Crippen LogP contribution in [0.25, 0.3) is 0 Å². The van der Waals surface area contributed by atoms with Gasteiger partial charge in [0.25, 0.3) is 0 Å². The Labute approximate surface area is 132 Å². The number of hydrogen-bond donors (Lipinski definition) is 2. The summed E-state index contributed by atoms with van der Waals surface area (Å²) >= 11 is 0. The molecule has 6 heteroatoms. The molecular weight excluding hydrogens is 306 g/mol. The van der Waals surface area contributed by atoms with Crippen LogP contribution < -0.4 is 0 Å². The fraction of sp³-hybridized carbons (Fsp3) is 1.00. The molecule has 0 rings (SSSR count). The Kier molecular flexibility index (Phi) is 16.0. The first-order chi connectivity index (χ1) is 9.80. The predicted octanol–water partition coefficient (Wildman–Crippen LogP) is 5.15. The molecule has 0 aliphatic carbocycles. The number of hydrogen-bond acceptors (Lipinski definition) is 2. The second-order valence-electron chi connectivity index (χ2n) is 5.56. The van der Waals surface area contributed by atoms with E-state index in [0.717, 1.165) is 0 Å². The summed E-state index contributed by atoms with van der Waals surface area (Å²) in [5, 5.41) is 0. The third-order valence-corrected chi connectivity index (χ3v) is 9.36. The summed E-state index contributed by atoms with van der Waals surface area (Å²) < 4.78 is 13.9. The van der Waals surface area contributed by atoms with Gasteiger partial charge in [-0.05, 0) is 32.1 Å². The largest absolute Gasteiger partial charge is 0.469 e. The monoisotopic (exact) mass is 343 g/mol. The average Bonchev–Trinajstić information content (AvgIpc) is 2.37. The van der Waals surface area contributed by atoms with Crippen LogP contribution in [0.3, 0.4) is 0 Å². The summed E-state index contributed by atoms with van der Waals surface area (Å²) in [5.74, 6) is 0. The summed E-state index contributed by atoms with van der Waals surface area (Å²) in [6, 6.07) is 0. The molecule has 0 bridgehead atoms. The Morgan fingerprint density at radius 1 is 0.762 bits per heavy atom. The summed E-state index contributed by atoms with van der Waals surface area (Å²) in [6.07, 6.45) is 12.5. The molecule has 130 valence electrons. The van der Waals surface area contributed by atoms with Crippen LogP contribution in [0.5, 0.6) is 0 Å². The van der Waals surface area contributed by atoms with Gasteiger partial charge in [-0.3, -0.25) is 4.52 Å². The molecule has 0 aromatic carbocycles. The van der Waals surface area contributed by atoms with Gasteiger partial charge in [0.15, 0.2) is 0 Å². The van der Waals surface area contributed by atoms with Crippen molar-refractivity contribution in [2.24, 2.45) is 0 Å². The first kappa shape index (κ1) is 23.8. The van der Waals surface area contributed by atoms with E-state index in [1.807, 2.05) is 0 Å². The highest BCUT2D eigenvalue weighted by Gasteiger charge is 2.32. The third kappa shape index (κ3) is 15.2. The van der Waals surface area contributed by atoms with Crippen LogP contribution in [0.4, 0.5) is 0 Å². The normalized spacial score (nSPS) is 12.0. The molecule has 0 unspecified atom stereocenters. The van der Waals surface area contributed by atoms with E-state index >= 15 is 0 Å². The summed E-state index contributed by atoms with van der Waals surface area (Å²) in [4.78, 5) is 16.1. The van der Waals surface area contributed by atoms with Crippen molar-refractivity contribution in [3.05, 3.63) is 0 Å². The quantitative estimate of drug-likeness (QED) is 0.509. The van der Waals surface area contributed by atoms with Crippen LogP contribution >= 0.6 is 15.1 Å². The van der Waals surface area contributed by atoms with Crippen molar-refractivity contribution >= 4 is 15.1 Å². The van der Waals surface area contributed by atoms with Crippen molar-refractivity contribution < 1.29 is 18.9 Å². The first-order valence-electron chi connectivity index (χ1n) is 8.35. The smallest absolute Gasteiger partial charge is 0.303 e. The van der Waals surface area contributed by atoms with Crippen molar-refractivity contribution in [1.29, 1.82) is 0 Å². The van der Waals surface area contributed by atoms with Gasteiger partial charge in [-0.1, -0.05) is 34.6 Å². The van der Waals surface area contributed by atoms with Crippen molar-refractivity contribution in [3.8, 4) is 0 Å². The number of phosphoric acid groups is 1. The van der Waals surface area contributed by atoms with Gasteiger partial charge in [0.2, 0.25) is 0 Å². The molecule has 0 saturated heterocycles. The third-order valence-electron chi connectivity index (χ3n) is 3.26. The van der Waals surface area contributed by atoms with Gasteiger partial charge in [0.1, 0.15) is 0 Å². The highest BCUT2D eigenvalue weighted by atomic mass is 31.2. The van der Waals surface area contributed by atoms with E-state index in [-0.39, 0.29) is 6.61 Å². The van der Waals surface area contributed by atoms with E-state index in [2.05, 4.69) is 32.2 Å². The van der Waals surface area contributed by atoms with Gasteiger partial charge in [0, 0.05) is 7.26 Å². The van der Waals surface area contributed by atoms with Crippen LogP contribution in [0.2, 0.25) is 0 Å².